The zero-order chi connectivity index (χ0) is 19.0. The van der Waals surface area contributed by atoms with Crippen molar-refractivity contribution in [3.05, 3.63) is 29.8 Å². The summed E-state index contributed by atoms with van der Waals surface area (Å²) in [6, 6.07) is 7.51. The first-order chi connectivity index (χ1) is 12.9. The number of amides is 1. The largest absolute Gasteiger partial charge is 0.349 e. The van der Waals surface area contributed by atoms with Crippen LogP contribution in [0.1, 0.15) is 43.0 Å². The molecule has 1 saturated carbocycles. The average Bonchev–Trinajstić information content (AvgIpc) is 3.10. The molecule has 2 N–H and O–H groups in total. The Bertz CT molecular complexity index is 843. The van der Waals surface area contributed by atoms with Gasteiger partial charge >= 0.3 is 0 Å². The number of hydrogen-bond acceptors (Lipinski definition) is 6. The first kappa shape index (κ1) is 18.8. The molecule has 0 aromatic heterocycles. The second-order valence-electron chi connectivity index (χ2n) is 7.87. The van der Waals surface area contributed by atoms with Gasteiger partial charge in [0.1, 0.15) is 0 Å². The third-order valence-corrected chi connectivity index (χ3v) is 8.71. The summed E-state index contributed by atoms with van der Waals surface area (Å²) in [4.78, 5) is 16.9. The van der Waals surface area contributed by atoms with Gasteiger partial charge in [0.25, 0.3) is 5.91 Å². The first-order valence-corrected chi connectivity index (χ1v) is 12.2. The number of benzene rings is 1. The summed E-state index contributed by atoms with van der Waals surface area (Å²) >= 11 is 1.49. The van der Waals surface area contributed by atoms with Crippen molar-refractivity contribution in [2.75, 3.05) is 16.8 Å². The van der Waals surface area contributed by atoms with Gasteiger partial charge < -0.3 is 10.6 Å². The van der Waals surface area contributed by atoms with Gasteiger partial charge in [-0.2, -0.15) is 0 Å². The third kappa shape index (κ3) is 4.48. The molecule has 1 aromatic rings. The molecule has 1 amide bonds. The van der Waals surface area contributed by atoms with Gasteiger partial charge in [0, 0.05) is 22.5 Å². The second-order valence-corrected chi connectivity index (χ2v) is 11.2. The number of sulfone groups is 1. The standard InChI is InChI=1S/C19H25N3O3S2/c1-12-2-6-14(7-3-12)20-18(23)13-4-8-15(9-5-13)21-19-22-16-10-27(24,25)11-17(16)26-19/h4-5,8-9,12,14,16-17H,2-3,6-7,10-11H2,1H3,(H,20,23)(H,21,22)/t12?,14?,16-,17-/m0/s1. The molecule has 4 rings (SSSR count). The number of thioether (sulfide) groups is 1. The van der Waals surface area contributed by atoms with Crippen LogP contribution in [-0.2, 0) is 9.84 Å². The van der Waals surface area contributed by atoms with Crippen LogP contribution in [0.2, 0.25) is 0 Å². The van der Waals surface area contributed by atoms with Crippen molar-refractivity contribution in [2.45, 2.75) is 49.9 Å². The number of carbonyl (C=O) groups excluding carboxylic acids is 1. The molecule has 2 aliphatic heterocycles. The van der Waals surface area contributed by atoms with Crippen LogP contribution in [0.15, 0.2) is 29.3 Å². The van der Waals surface area contributed by atoms with Gasteiger partial charge in [-0.15, -0.1) is 0 Å². The van der Waals surface area contributed by atoms with Crippen molar-refractivity contribution in [1.29, 1.82) is 0 Å². The van der Waals surface area contributed by atoms with E-state index < -0.39 is 9.84 Å². The number of rotatable bonds is 3. The van der Waals surface area contributed by atoms with Crippen molar-refractivity contribution in [3.63, 3.8) is 0 Å². The number of hydrogen-bond donors (Lipinski definition) is 2. The summed E-state index contributed by atoms with van der Waals surface area (Å²) in [6.45, 7) is 2.27. The summed E-state index contributed by atoms with van der Waals surface area (Å²) in [7, 11) is -2.93. The lowest BCUT2D eigenvalue weighted by molar-refractivity contribution is 0.0923. The SMILES string of the molecule is CC1CCC(NC(=O)c2ccc(NC3=N[C@H]4CS(=O)(=O)C[C@@H]4S3)cc2)CC1. The Morgan fingerprint density at radius 2 is 1.81 bits per heavy atom. The Hall–Kier alpha value is -1.54. The molecule has 2 fully saturated rings. The molecule has 1 aromatic carbocycles. The fraction of sp³-hybridized carbons (Fsp3) is 0.579. The molecule has 2 heterocycles. The van der Waals surface area contributed by atoms with E-state index in [1.807, 2.05) is 24.3 Å². The molecular weight excluding hydrogens is 382 g/mol. The summed E-state index contributed by atoms with van der Waals surface area (Å²) in [5.41, 5.74) is 1.51. The highest BCUT2D eigenvalue weighted by atomic mass is 32.2. The molecule has 0 spiro atoms. The lowest BCUT2D eigenvalue weighted by Gasteiger charge is -2.26. The van der Waals surface area contributed by atoms with Crippen molar-refractivity contribution in [3.8, 4) is 0 Å². The van der Waals surface area contributed by atoms with Crippen molar-refractivity contribution in [2.24, 2.45) is 10.9 Å². The molecule has 2 atom stereocenters. The third-order valence-electron chi connectivity index (χ3n) is 5.57. The van der Waals surface area contributed by atoms with Crippen LogP contribution in [0.4, 0.5) is 5.69 Å². The molecule has 146 valence electrons. The molecule has 27 heavy (non-hydrogen) atoms. The van der Waals surface area contributed by atoms with Crippen LogP contribution in [-0.4, -0.2) is 48.3 Å². The molecule has 8 heteroatoms. The van der Waals surface area contributed by atoms with Gasteiger partial charge in [0.05, 0.1) is 17.5 Å². The zero-order valence-corrected chi connectivity index (χ0v) is 17.0. The Morgan fingerprint density at radius 3 is 2.48 bits per heavy atom. The van der Waals surface area contributed by atoms with Gasteiger partial charge in [-0.1, -0.05) is 18.7 Å². The molecule has 3 aliphatic rings. The minimum atomic E-state index is -2.93. The highest BCUT2D eigenvalue weighted by molar-refractivity contribution is 8.15. The Balaban J connectivity index is 1.32. The predicted molar refractivity (Wildman–Crippen MR) is 110 cm³/mol. The zero-order valence-electron chi connectivity index (χ0n) is 15.3. The van der Waals surface area contributed by atoms with Gasteiger partial charge in [-0.25, -0.2) is 8.42 Å². The van der Waals surface area contributed by atoms with E-state index in [1.165, 1.54) is 24.6 Å². The highest BCUT2D eigenvalue weighted by Gasteiger charge is 2.42. The summed E-state index contributed by atoms with van der Waals surface area (Å²) in [5, 5.41) is 7.16. The summed E-state index contributed by atoms with van der Waals surface area (Å²) < 4.78 is 23.3. The van der Waals surface area contributed by atoms with E-state index in [0.29, 0.717) is 5.56 Å². The van der Waals surface area contributed by atoms with E-state index >= 15 is 0 Å². The summed E-state index contributed by atoms with van der Waals surface area (Å²) in [5.74, 6) is 1.10. The van der Waals surface area contributed by atoms with Gasteiger partial charge in [-0.05, 0) is 55.9 Å². The average molecular weight is 408 g/mol. The van der Waals surface area contributed by atoms with Crippen LogP contribution < -0.4 is 10.6 Å². The van der Waals surface area contributed by atoms with Crippen molar-refractivity contribution in [1.82, 2.24) is 5.32 Å². The van der Waals surface area contributed by atoms with Crippen LogP contribution in [0, 0.1) is 5.92 Å². The van der Waals surface area contributed by atoms with E-state index in [4.69, 9.17) is 0 Å². The highest BCUT2D eigenvalue weighted by Crippen LogP contribution is 2.34. The lowest BCUT2D eigenvalue weighted by Crippen LogP contribution is -2.37. The maximum absolute atomic E-state index is 12.4. The van der Waals surface area contributed by atoms with E-state index in [9.17, 15) is 13.2 Å². The second kappa shape index (κ2) is 7.47. The fourth-order valence-electron chi connectivity index (χ4n) is 3.92. The van der Waals surface area contributed by atoms with Crippen molar-refractivity contribution < 1.29 is 13.2 Å². The van der Waals surface area contributed by atoms with Gasteiger partial charge in [0.2, 0.25) is 0 Å². The van der Waals surface area contributed by atoms with E-state index in [0.717, 1.165) is 29.6 Å². The molecule has 1 saturated heterocycles. The van der Waals surface area contributed by atoms with Crippen LogP contribution in [0.5, 0.6) is 0 Å². The molecule has 0 bridgehead atoms. The fourth-order valence-corrected chi connectivity index (χ4v) is 7.59. The summed E-state index contributed by atoms with van der Waals surface area (Å²) in [6.07, 6.45) is 4.47. The number of amidine groups is 1. The number of fused-ring (bicyclic) bond motifs is 1. The quantitative estimate of drug-likeness (QED) is 0.804. The van der Waals surface area contributed by atoms with Crippen LogP contribution >= 0.6 is 11.8 Å². The number of aliphatic imine (C=N–C) groups is 1. The molecule has 0 unspecified atom stereocenters. The van der Waals surface area contributed by atoms with Crippen LogP contribution in [0.3, 0.4) is 0 Å². The molecule has 6 nitrogen and oxygen atoms in total. The van der Waals surface area contributed by atoms with Gasteiger partial charge in [0.15, 0.2) is 15.0 Å². The Kier molecular flexibility index (Phi) is 5.20. The molecule has 0 radical (unpaired) electrons. The lowest BCUT2D eigenvalue weighted by atomic mass is 9.87. The van der Waals surface area contributed by atoms with Gasteiger partial charge in [-0.3, -0.25) is 9.79 Å². The Morgan fingerprint density at radius 1 is 1.11 bits per heavy atom. The number of anilines is 1. The molecule has 1 aliphatic carbocycles. The molecular formula is C19H25N3O3S2. The van der Waals surface area contributed by atoms with Crippen molar-refractivity contribution >= 4 is 38.4 Å². The minimum absolute atomic E-state index is 0.0200. The van der Waals surface area contributed by atoms with Crippen LogP contribution in [0.25, 0.3) is 0 Å². The minimum Gasteiger partial charge on any atom is -0.349 e. The van der Waals surface area contributed by atoms with E-state index in [-0.39, 0.29) is 34.7 Å². The normalized spacial score (nSPS) is 31.8. The smallest absolute Gasteiger partial charge is 0.251 e. The topological polar surface area (TPSA) is 87.6 Å². The Labute approximate surface area is 164 Å². The number of nitrogens with one attached hydrogen (secondary N) is 2. The van der Waals surface area contributed by atoms with E-state index in [1.54, 1.807) is 0 Å². The maximum atomic E-state index is 12.4. The number of carbonyl (C=O) groups is 1. The predicted octanol–water partition coefficient (Wildman–Crippen LogP) is 2.68. The number of nitrogens with zero attached hydrogens (tertiary/aromatic N) is 1. The monoisotopic (exact) mass is 407 g/mol. The van der Waals surface area contributed by atoms with E-state index in [2.05, 4.69) is 22.5 Å². The first-order valence-electron chi connectivity index (χ1n) is 9.51. The maximum Gasteiger partial charge on any atom is 0.251 e.